The van der Waals surface area contributed by atoms with E-state index in [0.29, 0.717) is 5.92 Å². The Hall–Kier alpha value is -1.84. The lowest BCUT2D eigenvalue weighted by Crippen LogP contribution is -2.39. The van der Waals surface area contributed by atoms with Crippen LogP contribution in [-0.2, 0) is 13.0 Å². The van der Waals surface area contributed by atoms with Gasteiger partial charge in [0.25, 0.3) is 0 Å². The number of methoxy groups -OCH3 is 1. The van der Waals surface area contributed by atoms with Crippen molar-refractivity contribution in [2.24, 2.45) is 4.99 Å². The van der Waals surface area contributed by atoms with Gasteiger partial charge in [0.2, 0.25) is 0 Å². The van der Waals surface area contributed by atoms with Crippen LogP contribution in [-0.4, -0.2) is 47.5 Å². The molecule has 1 unspecified atom stereocenters. The number of benzene rings is 1. The Kier molecular flexibility index (Phi) is 11.5. The van der Waals surface area contributed by atoms with E-state index in [-0.39, 0.29) is 24.0 Å². The summed E-state index contributed by atoms with van der Waals surface area (Å²) in [5.74, 6) is 3.20. The van der Waals surface area contributed by atoms with Gasteiger partial charge in [-0.05, 0) is 37.0 Å². The summed E-state index contributed by atoms with van der Waals surface area (Å²) in [6, 6.07) is 8.27. The van der Waals surface area contributed by atoms with E-state index >= 15 is 0 Å². The number of hydrogen-bond donors (Lipinski definition) is 2. The molecule has 0 radical (unpaired) electrons. The predicted molar refractivity (Wildman–Crippen MR) is 125 cm³/mol. The maximum Gasteiger partial charge on any atom is 0.191 e. The van der Waals surface area contributed by atoms with Crippen molar-refractivity contribution < 1.29 is 4.74 Å². The number of rotatable bonds is 10. The lowest BCUT2D eigenvalue weighted by Gasteiger charge is -2.14. The van der Waals surface area contributed by atoms with Gasteiger partial charge in [-0.1, -0.05) is 26.0 Å². The Labute approximate surface area is 185 Å². The Balaban J connectivity index is 0.00000392. The van der Waals surface area contributed by atoms with Gasteiger partial charge in [0.05, 0.1) is 7.11 Å². The van der Waals surface area contributed by atoms with Crippen LogP contribution in [0.1, 0.15) is 44.5 Å². The number of ether oxygens (including phenoxy) is 1. The summed E-state index contributed by atoms with van der Waals surface area (Å²) in [5, 5.41) is 14.8. The van der Waals surface area contributed by atoms with Crippen LogP contribution in [0.25, 0.3) is 0 Å². The smallest absolute Gasteiger partial charge is 0.191 e. The van der Waals surface area contributed by atoms with Crippen LogP contribution in [0.15, 0.2) is 35.6 Å². The lowest BCUT2D eigenvalue weighted by atomic mass is 9.98. The Morgan fingerprint density at radius 3 is 2.61 bits per heavy atom. The summed E-state index contributed by atoms with van der Waals surface area (Å²) in [6.07, 6.45) is 3.66. The van der Waals surface area contributed by atoms with Crippen molar-refractivity contribution in [2.75, 3.05) is 26.7 Å². The van der Waals surface area contributed by atoms with Crippen molar-refractivity contribution in [3.8, 4) is 5.75 Å². The van der Waals surface area contributed by atoms with Crippen LogP contribution in [0.3, 0.4) is 0 Å². The minimum atomic E-state index is 0. The van der Waals surface area contributed by atoms with Crippen molar-refractivity contribution in [3.63, 3.8) is 0 Å². The standard InChI is InChI=1S/C20H32N6O.HI/c1-5-19-25-24-15-26(19)14-13-23-20(21-6-2)22-12-11-16(3)17-7-9-18(27-4)10-8-17;/h7-10,15-16H,5-6,11-14H2,1-4H3,(H2,21,22,23);1H. The third-order valence-corrected chi connectivity index (χ3v) is 4.52. The number of nitrogens with zero attached hydrogens (tertiary/aromatic N) is 4. The minimum absolute atomic E-state index is 0. The summed E-state index contributed by atoms with van der Waals surface area (Å²) >= 11 is 0. The molecule has 0 amide bonds. The number of hydrogen-bond acceptors (Lipinski definition) is 4. The second kappa shape index (κ2) is 13.4. The van der Waals surface area contributed by atoms with Crippen molar-refractivity contribution in [1.82, 2.24) is 25.4 Å². The normalized spacial score (nSPS) is 12.2. The van der Waals surface area contributed by atoms with E-state index in [4.69, 9.17) is 9.73 Å². The molecule has 0 aliphatic carbocycles. The highest BCUT2D eigenvalue weighted by Gasteiger charge is 2.06. The molecule has 0 fully saturated rings. The third-order valence-electron chi connectivity index (χ3n) is 4.52. The molecule has 2 aromatic rings. The highest BCUT2D eigenvalue weighted by molar-refractivity contribution is 14.0. The lowest BCUT2D eigenvalue weighted by molar-refractivity contribution is 0.414. The van der Waals surface area contributed by atoms with Crippen LogP contribution in [0.5, 0.6) is 5.75 Å². The monoisotopic (exact) mass is 500 g/mol. The second-order valence-electron chi connectivity index (χ2n) is 6.44. The fourth-order valence-electron chi connectivity index (χ4n) is 2.85. The Morgan fingerprint density at radius 1 is 1.21 bits per heavy atom. The molecule has 1 atom stereocenters. The number of aromatic nitrogens is 3. The molecule has 0 saturated carbocycles. The van der Waals surface area contributed by atoms with Gasteiger partial charge in [-0.3, -0.25) is 4.99 Å². The van der Waals surface area contributed by atoms with E-state index in [1.165, 1.54) is 5.56 Å². The van der Waals surface area contributed by atoms with Crippen LogP contribution >= 0.6 is 24.0 Å². The van der Waals surface area contributed by atoms with Gasteiger partial charge in [0, 0.05) is 32.6 Å². The average molecular weight is 500 g/mol. The Bertz CT molecular complexity index is 701. The highest BCUT2D eigenvalue weighted by Crippen LogP contribution is 2.21. The van der Waals surface area contributed by atoms with Gasteiger partial charge in [-0.25, -0.2) is 0 Å². The predicted octanol–water partition coefficient (Wildman–Crippen LogP) is 3.22. The first-order chi connectivity index (χ1) is 13.2. The van der Waals surface area contributed by atoms with Crippen molar-refractivity contribution >= 4 is 29.9 Å². The van der Waals surface area contributed by atoms with Gasteiger partial charge in [-0.15, -0.1) is 34.2 Å². The molecule has 0 aliphatic heterocycles. The molecule has 0 bridgehead atoms. The van der Waals surface area contributed by atoms with Crippen LogP contribution in [0.2, 0.25) is 0 Å². The maximum absolute atomic E-state index is 5.22. The summed E-state index contributed by atoms with van der Waals surface area (Å²) in [5.41, 5.74) is 1.31. The van der Waals surface area contributed by atoms with E-state index < -0.39 is 0 Å². The zero-order chi connectivity index (χ0) is 19.5. The summed E-state index contributed by atoms with van der Waals surface area (Å²) in [7, 11) is 1.69. The van der Waals surface area contributed by atoms with E-state index in [1.54, 1.807) is 13.4 Å². The van der Waals surface area contributed by atoms with E-state index in [0.717, 1.165) is 56.6 Å². The van der Waals surface area contributed by atoms with Gasteiger partial charge >= 0.3 is 0 Å². The SMILES string of the molecule is CCNC(=NCCC(C)c1ccc(OC)cc1)NCCn1cnnc1CC.I. The molecule has 0 spiro atoms. The maximum atomic E-state index is 5.22. The molecule has 2 N–H and O–H groups in total. The van der Waals surface area contributed by atoms with Gasteiger partial charge in [0.1, 0.15) is 17.9 Å². The number of guanidine groups is 1. The van der Waals surface area contributed by atoms with Crippen LogP contribution in [0.4, 0.5) is 0 Å². The summed E-state index contributed by atoms with van der Waals surface area (Å²) in [4.78, 5) is 4.70. The molecule has 1 aromatic carbocycles. The molecule has 1 aromatic heterocycles. The number of halogens is 1. The zero-order valence-corrected chi connectivity index (χ0v) is 19.6. The summed E-state index contributed by atoms with van der Waals surface area (Å²) in [6.45, 7) is 9.61. The Morgan fingerprint density at radius 2 is 1.96 bits per heavy atom. The molecule has 7 nitrogen and oxygen atoms in total. The number of aliphatic imine (C=N–C) groups is 1. The molecule has 1 heterocycles. The third kappa shape index (κ3) is 7.65. The van der Waals surface area contributed by atoms with Gasteiger partial charge in [-0.2, -0.15) is 0 Å². The largest absolute Gasteiger partial charge is 0.497 e. The van der Waals surface area contributed by atoms with E-state index in [1.807, 2.05) is 12.1 Å². The molecule has 0 aliphatic rings. The summed E-state index contributed by atoms with van der Waals surface area (Å²) < 4.78 is 7.29. The average Bonchev–Trinajstić information content (AvgIpc) is 3.15. The topological polar surface area (TPSA) is 76.4 Å². The molecular weight excluding hydrogens is 467 g/mol. The molecule has 28 heavy (non-hydrogen) atoms. The van der Waals surface area contributed by atoms with Gasteiger partial charge in [0.15, 0.2) is 5.96 Å². The fraction of sp³-hybridized carbons (Fsp3) is 0.550. The van der Waals surface area contributed by atoms with E-state index in [2.05, 4.69) is 58.3 Å². The number of nitrogens with one attached hydrogen (secondary N) is 2. The van der Waals surface area contributed by atoms with Gasteiger partial charge < -0.3 is 19.9 Å². The van der Waals surface area contributed by atoms with Crippen molar-refractivity contribution in [1.29, 1.82) is 0 Å². The zero-order valence-electron chi connectivity index (χ0n) is 17.3. The first-order valence-electron chi connectivity index (χ1n) is 9.70. The molecule has 8 heteroatoms. The van der Waals surface area contributed by atoms with Crippen molar-refractivity contribution in [3.05, 3.63) is 42.0 Å². The molecule has 156 valence electrons. The second-order valence-corrected chi connectivity index (χ2v) is 6.44. The van der Waals surface area contributed by atoms with E-state index in [9.17, 15) is 0 Å². The minimum Gasteiger partial charge on any atom is -0.497 e. The fourth-order valence-corrected chi connectivity index (χ4v) is 2.85. The first-order valence-corrected chi connectivity index (χ1v) is 9.70. The molecule has 0 saturated heterocycles. The van der Waals surface area contributed by atoms with Crippen molar-refractivity contribution in [2.45, 2.75) is 46.1 Å². The number of aryl methyl sites for hydroxylation is 1. The van der Waals surface area contributed by atoms with Crippen LogP contribution in [0, 0.1) is 0 Å². The first kappa shape index (κ1) is 24.2. The quantitative estimate of drug-likeness (QED) is 0.298. The highest BCUT2D eigenvalue weighted by atomic mass is 127. The molecule has 2 rings (SSSR count). The van der Waals surface area contributed by atoms with Crippen LogP contribution < -0.4 is 15.4 Å². The molecular formula is C20H33IN6O.